The normalized spacial score (nSPS) is 18.9. The fourth-order valence-corrected chi connectivity index (χ4v) is 4.00. The molecule has 0 N–H and O–H groups in total. The molecule has 1 aliphatic rings. The zero-order chi connectivity index (χ0) is 15.6. The Morgan fingerprint density at radius 1 is 1.43 bits per heavy atom. The average Bonchev–Trinajstić information content (AvgIpc) is 2.84. The molecule has 0 unspecified atom stereocenters. The third-order valence-electron chi connectivity index (χ3n) is 3.78. The first-order valence-corrected chi connectivity index (χ1v) is 9.04. The van der Waals surface area contributed by atoms with Gasteiger partial charge in [-0.15, -0.1) is 0 Å². The van der Waals surface area contributed by atoms with Crippen molar-refractivity contribution in [2.75, 3.05) is 18.6 Å². The molecule has 0 saturated carbocycles. The first-order valence-electron chi connectivity index (χ1n) is 7.21. The van der Waals surface area contributed by atoms with Gasteiger partial charge in [0, 0.05) is 19.2 Å². The van der Waals surface area contributed by atoms with E-state index >= 15 is 0 Å². The lowest BCUT2D eigenvalue weighted by molar-refractivity contribution is 0.0679. The van der Waals surface area contributed by atoms with E-state index in [4.69, 9.17) is 4.52 Å². The Labute approximate surface area is 125 Å². The number of carbonyl (C=O) groups excluding carboxylic acids is 1. The van der Waals surface area contributed by atoms with Crippen molar-refractivity contribution in [1.82, 2.24) is 10.1 Å². The van der Waals surface area contributed by atoms with Gasteiger partial charge in [-0.2, -0.15) is 0 Å². The summed E-state index contributed by atoms with van der Waals surface area (Å²) in [5.74, 6) is 0.719. The van der Waals surface area contributed by atoms with Gasteiger partial charge >= 0.3 is 0 Å². The van der Waals surface area contributed by atoms with Gasteiger partial charge in [-0.05, 0) is 25.2 Å². The number of hydrogen-bond acceptors (Lipinski definition) is 5. The maximum absolute atomic E-state index is 12.3. The Hall–Kier alpha value is -1.37. The van der Waals surface area contributed by atoms with Crippen molar-refractivity contribution in [3.8, 4) is 0 Å². The van der Waals surface area contributed by atoms with E-state index in [1.54, 1.807) is 18.0 Å². The second-order valence-corrected chi connectivity index (χ2v) is 8.38. The van der Waals surface area contributed by atoms with Crippen LogP contribution in [0, 0.1) is 5.92 Å². The number of sulfone groups is 1. The molecule has 0 bridgehead atoms. The highest BCUT2D eigenvalue weighted by molar-refractivity contribution is 7.91. The lowest BCUT2D eigenvalue weighted by atomic mass is 10.1. The number of carbonyl (C=O) groups is 1. The minimum absolute atomic E-state index is 0.0559. The first-order chi connectivity index (χ1) is 9.78. The predicted octanol–water partition coefficient (Wildman–Crippen LogP) is 1.52. The van der Waals surface area contributed by atoms with Crippen LogP contribution in [0.3, 0.4) is 0 Å². The van der Waals surface area contributed by atoms with E-state index in [9.17, 15) is 13.2 Å². The molecule has 1 saturated heterocycles. The van der Waals surface area contributed by atoms with Crippen LogP contribution in [0.25, 0.3) is 0 Å². The quantitative estimate of drug-likeness (QED) is 0.842. The Bertz CT molecular complexity index is 592. The van der Waals surface area contributed by atoms with E-state index < -0.39 is 9.84 Å². The molecule has 2 rings (SSSR count). The molecular weight excluding hydrogens is 292 g/mol. The largest absolute Gasteiger partial charge is 0.351 e. The van der Waals surface area contributed by atoms with E-state index in [0.29, 0.717) is 18.8 Å². The monoisotopic (exact) mass is 314 g/mol. The van der Waals surface area contributed by atoms with Gasteiger partial charge in [0.25, 0.3) is 5.91 Å². The fraction of sp³-hybridized carbons (Fsp3) is 0.714. The van der Waals surface area contributed by atoms with Gasteiger partial charge in [-0.25, -0.2) is 8.42 Å². The summed E-state index contributed by atoms with van der Waals surface area (Å²) in [5.41, 5.74) is 0.771. The van der Waals surface area contributed by atoms with E-state index in [0.717, 1.165) is 12.1 Å². The number of hydrogen-bond donors (Lipinski definition) is 0. The number of nitrogens with zero attached hydrogens (tertiary/aromatic N) is 2. The van der Waals surface area contributed by atoms with Crippen LogP contribution < -0.4 is 0 Å². The van der Waals surface area contributed by atoms with Crippen molar-refractivity contribution in [3.05, 3.63) is 17.5 Å². The van der Waals surface area contributed by atoms with Crippen molar-refractivity contribution < 1.29 is 17.7 Å². The van der Waals surface area contributed by atoms with Gasteiger partial charge < -0.3 is 9.42 Å². The maximum atomic E-state index is 12.3. The minimum atomic E-state index is -2.92. The highest BCUT2D eigenvalue weighted by atomic mass is 32.2. The Kier molecular flexibility index (Phi) is 4.70. The summed E-state index contributed by atoms with van der Waals surface area (Å²) in [7, 11) is -1.23. The van der Waals surface area contributed by atoms with Crippen LogP contribution in [0.1, 0.15) is 42.9 Å². The van der Waals surface area contributed by atoms with E-state index in [1.807, 2.05) is 0 Å². The fourth-order valence-electron chi connectivity index (χ4n) is 2.53. The van der Waals surface area contributed by atoms with Crippen LogP contribution in [0.5, 0.6) is 0 Å². The molecule has 0 radical (unpaired) electrons. The maximum Gasteiger partial charge on any atom is 0.292 e. The standard InChI is InChI=1S/C14H22N2O4S/c1-10(2)8-11-9-13(20-15-11)14(17)16(3)12-4-6-21(18,19)7-5-12/h9-10,12H,4-8H2,1-3H3. The molecule has 1 aromatic rings. The lowest BCUT2D eigenvalue weighted by Crippen LogP contribution is -2.42. The van der Waals surface area contributed by atoms with Crippen LogP contribution in [0.2, 0.25) is 0 Å². The third kappa shape index (κ3) is 4.06. The van der Waals surface area contributed by atoms with Crippen molar-refractivity contribution in [2.24, 2.45) is 5.92 Å². The second kappa shape index (κ2) is 6.17. The Morgan fingerprint density at radius 3 is 2.62 bits per heavy atom. The van der Waals surface area contributed by atoms with E-state index in [-0.39, 0.29) is 29.2 Å². The number of aromatic nitrogens is 1. The van der Waals surface area contributed by atoms with E-state index in [1.165, 1.54) is 0 Å². The van der Waals surface area contributed by atoms with Gasteiger partial charge in [-0.3, -0.25) is 4.79 Å². The zero-order valence-corrected chi connectivity index (χ0v) is 13.5. The predicted molar refractivity (Wildman–Crippen MR) is 78.8 cm³/mol. The van der Waals surface area contributed by atoms with Gasteiger partial charge in [0.15, 0.2) is 0 Å². The molecule has 0 spiro atoms. The SMILES string of the molecule is CC(C)Cc1cc(C(=O)N(C)C2CCS(=O)(=O)CC2)on1. The molecule has 0 aromatic carbocycles. The molecule has 1 aliphatic heterocycles. The summed E-state index contributed by atoms with van der Waals surface area (Å²) in [6, 6.07) is 1.62. The molecule has 118 valence electrons. The van der Waals surface area contributed by atoms with Crippen LogP contribution in [0.4, 0.5) is 0 Å². The summed E-state index contributed by atoms with van der Waals surface area (Å²) >= 11 is 0. The van der Waals surface area contributed by atoms with Gasteiger partial charge in [-0.1, -0.05) is 19.0 Å². The summed E-state index contributed by atoms with van der Waals surface area (Å²) in [5, 5.41) is 3.91. The average molecular weight is 314 g/mol. The van der Waals surface area contributed by atoms with E-state index in [2.05, 4.69) is 19.0 Å². The van der Waals surface area contributed by atoms with Gasteiger partial charge in [0.1, 0.15) is 9.84 Å². The Balaban J connectivity index is 2.01. The third-order valence-corrected chi connectivity index (χ3v) is 5.49. The smallest absolute Gasteiger partial charge is 0.292 e. The number of rotatable bonds is 4. The highest BCUT2D eigenvalue weighted by Crippen LogP contribution is 2.19. The van der Waals surface area contributed by atoms with Crippen LogP contribution in [0.15, 0.2) is 10.6 Å². The van der Waals surface area contributed by atoms with Crippen LogP contribution >= 0.6 is 0 Å². The van der Waals surface area contributed by atoms with Crippen molar-refractivity contribution in [1.29, 1.82) is 0 Å². The topological polar surface area (TPSA) is 80.5 Å². The minimum Gasteiger partial charge on any atom is -0.351 e. The van der Waals surface area contributed by atoms with Gasteiger partial charge in [0.2, 0.25) is 5.76 Å². The summed E-state index contributed by atoms with van der Waals surface area (Å²) in [4.78, 5) is 13.9. The lowest BCUT2D eigenvalue weighted by Gasteiger charge is -2.30. The van der Waals surface area contributed by atoms with Crippen LogP contribution in [-0.2, 0) is 16.3 Å². The number of amides is 1. The summed E-state index contributed by atoms with van der Waals surface area (Å²) in [6.07, 6.45) is 1.73. The molecule has 1 fully saturated rings. The Morgan fingerprint density at radius 2 is 2.05 bits per heavy atom. The molecule has 21 heavy (non-hydrogen) atoms. The van der Waals surface area contributed by atoms with Gasteiger partial charge in [0.05, 0.1) is 17.2 Å². The summed E-state index contributed by atoms with van der Waals surface area (Å²) in [6.45, 7) is 4.15. The first kappa shape index (κ1) is 16.0. The molecule has 0 atom stereocenters. The second-order valence-electron chi connectivity index (χ2n) is 6.08. The van der Waals surface area contributed by atoms with Crippen molar-refractivity contribution in [3.63, 3.8) is 0 Å². The molecule has 6 nitrogen and oxygen atoms in total. The van der Waals surface area contributed by atoms with Crippen molar-refractivity contribution >= 4 is 15.7 Å². The molecule has 7 heteroatoms. The van der Waals surface area contributed by atoms with Crippen molar-refractivity contribution in [2.45, 2.75) is 39.2 Å². The molecular formula is C14H22N2O4S. The zero-order valence-electron chi connectivity index (χ0n) is 12.7. The summed E-state index contributed by atoms with van der Waals surface area (Å²) < 4.78 is 28.0. The molecule has 1 amide bonds. The highest BCUT2D eigenvalue weighted by Gasteiger charge is 2.30. The molecule has 2 heterocycles. The molecule has 0 aliphatic carbocycles. The molecule has 1 aromatic heterocycles. The van der Waals surface area contributed by atoms with Crippen LogP contribution in [-0.4, -0.2) is 49.0 Å².